The van der Waals surface area contributed by atoms with E-state index >= 15 is 0 Å². The van der Waals surface area contributed by atoms with Crippen LogP contribution in [0.25, 0.3) is 0 Å². The molecule has 19 heavy (non-hydrogen) atoms. The summed E-state index contributed by atoms with van der Waals surface area (Å²) in [6.45, 7) is 2.89. The maximum absolute atomic E-state index is 11.6. The molecule has 0 aliphatic heterocycles. The molecule has 1 aliphatic rings. The monoisotopic (exact) mass is 275 g/mol. The molecule has 0 unspecified atom stereocenters. The van der Waals surface area contributed by atoms with Gasteiger partial charge in [0.1, 0.15) is 11.6 Å². The van der Waals surface area contributed by atoms with E-state index in [1.54, 1.807) is 11.3 Å². The van der Waals surface area contributed by atoms with Gasteiger partial charge in [-0.25, -0.2) is 4.98 Å². The predicted molar refractivity (Wildman–Crippen MR) is 77.9 cm³/mol. The molecule has 1 saturated carbocycles. The Bertz CT molecular complexity index is 628. The van der Waals surface area contributed by atoms with Crippen molar-refractivity contribution in [1.29, 1.82) is 0 Å². The maximum Gasteiger partial charge on any atom is 0.252 e. The van der Waals surface area contributed by atoms with Crippen LogP contribution in [0.15, 0.2) is 22.3 Å². The van der Waals surface area contributed by atoms with Gasteiger partial charge >= 0.3 is 0 Å². The summed E-state index contributed by atoms with van der Waals surface area (Å²) in [4.78, 5) is 20.2. The van der Waals surface area contributed by atoms with Gasteiger partial charge in [0, 0.05) is 16.9 Å². The number of hydrogen-bond acceptors (Lipinski definition) is 4. The lowest BCUT2D eigenvalue weighted by molar-refractivity contribution is 0.903. The second kappa shape index (κ2) is 5.17. The highest BCUT2D eigenvalue weighted by molar-refractivity contribution is 7.10. The molecule has 0 spiro atoms. The quantitative estimate of drug-likeness (QED) is 0.882. The second-order valence-electron chi connectivity index (χ2n) is 4.87. The number of nitrogens with one attached hydrogen (secondary N) is 2. The van der Waals surface area contributed by atoms with Crippen LogP contribution in [0.4, 0.5) is 5.82 Å². The molecule has 2 heterocycles. The summed E-state index contributed by atoms with van der Waals surface area (Å²) < 4.78 is 0. The molecule has 5 heteroatoms. The van der Waals surface area contributed by atoms with Crippen molar-refractivity contribution >= 4 is 17.2 Å². The van der Waals surface area contributed by atoms with E-state index < -0.39 is 0 Å². The van der Waals surface area contributed by atoms with Gasteiger partial charge in [-0.1, -0.05) is 6.92 Å². The predicted octanol–water partition coefficient (Wildman–Crippen LogP) is 2.88. The lowest BCUT2D eigenvalue weighted by Crippen LogP contribution is -2.13. The van der Waals surface area contributed by atoms with E-state index in [-0.39, 0.29) is 5.56 Å². The minimum Gasteiger partial charge on any atom is -0.365 e. The Kier molecular flexibility index (Phi) is 3.38. The number of aromatic nitrogens is 2. The molecular weight excluding hydrogens is 258 g/mol. The molecular formula is C14H17N3OS. The zero-order valence-corrected chi connectivity index (χ0v) is 11.7. The van der Waals surface area contributed by atoms with Gasteiger partial charge in [-0.15, -0.1) is 11.3 Å². The zero-order valence-electron chi connectivity index (χ0n) is 10.9. The maximum atomic E-state index is 11.6. The van der Waals surface area contributed by atoms with Gasteiger partial charge in [-0.3, -0.25) is 4.79 Å². The lowest BCUT2D eigenvalue weighted by atomic mass is 10.2. The zero-order chi connectivity index (χ0) is 13.2. The van der Waals surface area contributed by atoms with Gasteiger partial charge in [0.05, 0.1) is 6.54 Å². The molecule has 3 rings (SSSR count). The van der Waals surface area contributed by atoms with Crippen LogP contribution >= 0.6 is 11.3 Å². The summed E-state index contributed by atoms with van der Waals surface area (Å²) >= 11 is 1.74. The molecule has 2 aromatic rings. The van der Waals surface area contributed by atoms with Crippen molar-refractivity contribution in [1.82, 2.24) is 9.97 Å². The Balaban J connectivity index is 1.74. The minimum absolute atomic E-state index is 0.0682. The van der Waals surface area contributed by atoms with Crippen LogP contribution in [0.2, 0.25) is 0 Å². The van der Waals surface area contributed by atoms with E-state index in [0.717, 1.165) is 31.6 Å². The number of anilines is 1. The molecule has 4 nitrogen and oxygen atoms in total. The highest BCUT2D eigenvalue weighted by Crippen LogP contribution is 2.37. The summed E-state index contributed by atoms with van der Waals surface area (Å²) in [5, 5.41) is 5.37. The second-order valence-corrected chi connectivity index (χ2v) is 5.87. The van der Waals surface area contributed by atoms with E-state index in [1.807, 2.05) is 0 Å². The highest BCUT2D eigenvalue weighted by Gasteiger charge is 2.26. The molecule has 0 saturated heterocycles. The van der Waals surface area contributed by atoms with Gasteiger partial charge in [-0.2, -0.15) is 0 Å². The Hall–Kier alpha value is -1.62. The first-order valence-electron chi connectivity index (χ1n) is 6.66. The van der Waals surface area contributed by atoms with Gasteiger partial charge in [0.25, 0.3) is 5.56 Å². The molecule has 100 valence electrons. The summed E-state index contributed by atoms with van der Waals surface area (Å²) in [5.41, 5.74) is 1.30. The van der Waals surface area contributed by atoms with E-state index in [4.69, 9.17) is 0 Å². The van der Waals surface area contributed by atoms with Crippen LogP contribution in [0.1, 0.15) is 41.9 Å². The summed E-state index contributed by atoms with van der Waals surface area (Å²) in [6, 6.07) is 3.69. The molecule has 0 radical (unpaired) electrons. The largest absolute Gasteiger partial charge is 0.365 e. The van der Waals surface area contributed by atoms with Gasteiger partial charge < -0.3 is 10.3 Å². The third-order valence-electron chi connectivity index (χ3n) is 3.37. The summed E-state index contributed by atoms with van der Waals surface area (Å²) in [6.07, 6.45) is 3.31. The number of H-pyrrole nitrogens is 1. The van der Waals surface area contributed by atoms with Crippen LogP contribution in [-0.2, 0) is 13.0 Å². The normalized spacial score (nSPS) is 14.6. The number of aromatic amines is 1. The topological polar surface area (TPSA) is 57.8 Å². The molecule has 0 bridgehead atoms. The summed E-state index contributed by atoms with van der Waals surface area (Å²) in [7, 11) is 0. The Morgan fingerprint density at radius 3 is 3.11 bits per heavy atom. The van der Waals surface area contributed by atoms with E-state index in [1.165, 1.54) is 16.5 Å². The Labute approximate surface area is 115 Å². The van der Waals surface area contributed by atoms with Crippen LogP contribution in [0.5, 0.6) is 0 Å². The first-order valence-corrected chi connectivity index (χ1v) is 7.54. The third kappa shape index (κ3) is 2.87. The third-order valence-corrected chi connectivity index (χ3v) is 4.34. The summed E-state index contributed by atoms with van der Waals surface area (Å²) in [5.74, 6) is 1.97. The first kappa shape index (κ1) is 12.4. The number of rotatable bonds is 5. The number of thiophene rings is 1. The van der Waals surface area contributed by atoms with Crippen molar-refractivity contribution in [2.75, 3.05) is 5.32 Å². The molecule has 0 amide bonds. The molecule has 0 aromatic carbocycles. The van der Waals surface area contributed by atoms with E-state index in [9.17, 15) is 4.79 Å². The Morgan fingerprint density at radius 2 is 2.37 bits per heavy atom. The van der Waals surface area contributed by atoms with Gasteiger partial charge in [0.2, 0.25) is 0 Å². The van der Waals surface area contributed by atoms with Crippen LogP contribution < -0.4 is 10.9 Å². The average Bonchev–Trinajstić information content (AvgIpc) is 3.15. The van der Waals surface area contributed by atoms with Crippen LogP contribution in [0.3, 0.4) is 0 Å². The average molecular weight is 275 g/mol. The fraction of sp³-hybridized carbons (Fsp3) is 0.429. The van der Waals surface area contributed by atoms with E-state index in [2.05, 4.69) is 33.7 Å². The van der Waals surface area contributed by atoms with Crippen molar-refractivity contribution in [2.24, 2.45) is 0 Å². The highest BCUT2D eigenvalue weighted by atomic mass is 32.1. The van der Waals surface area contributed by atoms with Gasteiger partial charge in [0.15, 0.2) is 0 Å². The van der Waals surface area contributed by atoms with Crippen molar-refractivity contribution in [2.45, 2.75) is 38.6 Å². The number of aryl methyl sites for hydroxylation is 1. The fourth-order valence-electron chi connectivity index (χ4n) is 2.13. The van der Waals surface area contributed by atoms with Crippen molar-refractivity contribution < 1.29 is 0 Å². The van der Waals surface area contributed by atoms with E-state index in [0.29, 0.717) is 11.7 Å². The fourth-order valence-corrected chi connectivity index (χ4v) is 3.04. The van der Waals surface area contributed by atoms with Crippen molar-refractivity contribution in [3.8, 4) is 0 Å². The number of nitrogens with zero attached hydrogens (tertiary/aromatic N) is 1. The first-order chi connectivity index (χ1) is 9.26. The molecule has 2 N–H and O–H groups in total. The number of hydrogen-bond donors (Lipinski definition) is 2. The minimum atomic E-state index is -0.0682. The molecule has 1 fully saturated rings. The van der Waals surface area contributed by atoms with Gasteiger partial charge in [-0.05, 0) is 36.3 Å². The SMILES string of the molecule is CCc1ccsc1CNc1cc(=O)[nH]c(C2CC2)n1. The van der Waals surface area contributed by atoms with Crippen molar-refractivity contribution in [3.05, 3.63) is 44.1 Å². The van der Waals surface area contributed by atoms with Crippen LogP contribution in [0, 0.1) is 0 Å². The molecule has 1 aliphatic carbocycles. The Morgan fingerprint density at radius 1 is 1.53 bits per heavy atom. The van der Waals surface area contributed by atoms with Crippen LogP contribution in [-0.4, -0.2) is 9.97 Å². The lowest BCUT2D eigenvalue weighted by Gasteiger charge is -2.07. The molecule has 0 atom stereocenters. The molecule has 2 aromatic heterocycles. The standard InChI is InChI=1S/C14H17N3OS/c1-2-9-5-6-19-11(9)8-15-12-7-13(18)17-14(16-12)10-3-4-10/h5-7,10H,2-4,8H2,1H3,(H2,15,16,17,18). The smallest absolute Gasteiger partial charge is 0.252 e. The van der Waals surface area contributed by atoms with Crippen molar-refractivity contribution in [3.63, 3.8) is 0 Å².